The fourth-order valence-electron chi connectivity index (χ4n) is 2.10. The Morgan fingerprint density at radius 2 is 2.04 bits per heavy atom. The van der Waals surface area contributed by atoms with Crippen LogP contribution in [0.4, 0.5) is 5.69 Å². The zero-order chi connectivity index (χ0) is 16.1. The topological polar surface area (TPSA) is 81.1 Å². The van der Waals surface area contributed by atoms with Gasteiger partial charge in [0.2, 0.25) is 0 Å². The van der Waals surface area contributed by atoms with Crippen LogP contribution in [0.2, 0.25) is 0 Å². The summed E-state index contributed by atoms with van der Waals surface area (Å²) in [6, 6.07) is 11.9. The smallest absolute Gasteiger partial charge is 0.193 e. The number of nitrogens with zero attached hydrogens (tertiary/aromatic N) is 4. The van der Waals surface area contributed by atoms with Crippen LogP contribution in [-0.2, 0) is 6.54 Å². The van der Waals surface area contributed by atoms with Crippen molar-refractivity contribution in [3.05, 3.63) is 72.4 Å². The first-order valence-electron chi connectivity index (χ1n) is 7.27. The van der Waals surface area contributed by atoms with Crippen molar-refractivity contribution >= 4 is 11.6 Å². The van der Waals surface area contributed by atoms with Crippen molar-refractivity contribution in [1.82, 2.24) is 14.5 Å². The Kier molecular flexibility index (Phi) is 4.33. The van der Waals surface area contributed by atoms with Crippen LogP contribution in [0.15, 0.2) is 66.3 Å². The minimum Gasteiger partial charge on any atom is -0.370 e. The molecule has 23 heavy (non-hydrogen) atoms. The van der Waals surface area contributed by atoms with Crippen molar-refractivity contribution in [2.75, 3.05) is 5.32 Å². The molecule has 0 atom stereocenters. The van der Waals surface area contributed by atoms with E-state index in [9.17, 15) is 0 Å². The number of aliphatic imine (C=N–C) groups is 1. The van der Waals surface area contributed by atoms with Gasteiger partial charge in [0.15, 0.2) is 5.96 Å². The Morgan fingerprint density at radius 1 is 1.22 bits per heavy atom. The van der Waals surface area contributed by atoms with E-state index < -0.39 is 0 Å². The lowest BCUT2D eigenvalue weighted by atomic mass is 10.2. The monoisotopic (exact) mass is 306 g/mol. The molecule has 0 saturated heterocycles. The number of benzene rings is 1. The second kappa shape index (κ2) is 6.74. The van der Waals surface area contributed by atoms with Crippen molar-refractivity contribution < 1.29 is 0 Å². The van der Waals surface area contributed by atoms with Gasteiger partial charge in [0.25, 0.3) is 0 Å². The molecule has 1 aromatic carbocycles. The zero-order valence-electron chi connectivity index (χ0n) is 12.8. The Hall–Kier alpha value is -3.15. The number of hydrogen-bond acceptors (Lipinski definition) is 3. The minimum atomic E-state index is 0.384. The molecule has 2 heterocycles. The van der Waals surface area contributed by atoms with Crippen molar-refractivity contribution in [3.63, 3.8) is 0 Å². The van der Waals surface area contributed by atoms with Gasteiger partial charge in [-0.1, -0.05) is 17.7 Å². The predicted octanol–water partition coefficient (Wildman–Crippen LogP) is 2.50. The Labute approximate surface area is 134 Å². The van der Waals surface area contributed by atoms with E-state index in [1.54, 1.807) is 18.7 Å². The van der Waals surface area contributed by atoms with Crippen LogP contribution in [-0.4, -0.2) is 20.5 Å². The summed E-state index contributed by atoms with van der Waals surface area (Å²) >= 11 is 0. The van der Waals surface area contributed by atoms with Crippen LogP contribution in [0.25, 0.3) is 5.82 Å². The average Bonchev–Trinajstić information content (AvgIpc) is 3.10. The van der Waals surface area contributed by atoms with Gasteiger partial charge in [0.05, 0.1) is 6.54 Å². The molecule has 0 fully saturated rings. The lowest BCUT2D eigenvalue weighted by Crippen LogP contribution is -2.22. The summed E-state index contributed by atoms with van der Waals surface area (Å²) in [5, 5.41) is 3.08. The quantitative estimate of drug-likeness (QED) is 0.573. The molecule has 0 aliphatic heterocycles. The van der Waals surface area contributed by atoms with Gasteiger partial charge < -0.3 is 11.1 Å². The number of imidazole rings is 1. The molecule has 6 nitrogen and oxygen atoms in total. The number of hydrogen-bond donors (Lipinski definition) is 2. The van der Waals surface area contributed by atoms with Gasteiger partial charge >= 0.3 is 0 Å². The summed E-state index contributed by atoms with van der Waals surface area (Å²) in [5.74, 6) is 1.19. The Morgan fingerprint density at radius 3 is 2.78 bits per heavy atom. The summed E-state index contributed by atoms with van der Waals surface area (Å²) in [6.45, 7) is 2.53. The van der Waals surface area contributed by atoms with E-state index in [0.717, 1.165) is 17.1 Å². The van der Waals surface area contributed by atoms with Gasteiger partial charge in [-0.3, -0.25) is 4.57 Å². The standard InChI is InChI=1S/C17H18N6/c1-13-2-4-15(5-3-13)22-17(18)21-11-14-6-7-20-16(10-14)23-9-8-19-12-23/h2-10,12H,11H2,1H3,(H3,18,21,22). The largest absolute Gasteiger partial charge is 0.370 e. The van der Waals surface area contributed by atoms with Crippen LogP contribution in [0.5, 0.6) is 0 Å². The van der Waals surface area contributed by atoms with Crippen LogP contribution in [0, 0.1) is 6.92 Å². The van der Waals surface area contributed by atoms with E-state index >= 15 is 0 Å². The zero-order valence-corrected chi connectivity index (χ0v) is 12.8. The van der Waals surface area contributed by atoms with Crippen LogP contribution >= 0.6 is 0 Å². The third-order valence-corrected chi connectivity index (χ3v) is 3.33. The third-order valence-electron chi connectivity index (χ3n) is 3.33. The molecule has 3 aromatic rings. The highest BCUT2D eigenvalue weighted by Gasteiger charge is 2.00. The second-order valence-electron chi connectivity index (χ2n) is 5.18. The molecule has 6 heteroatoms. The van der Waals surface area contributed by atoms with Gasteiger partial charge in [0.1, 0.15) is 12.1 Å². The van der Waals surface area contributed by atoms with Crippen LogP contribution in [0.3, 0.4) is 0 Å². The molecule has 0 amide bonds. The molecule has 3 N–H and O–H groups in total. The van der Waals surface area contributed by atoms with E-state index in [2.05, 4.69) is 20.3 Å². The predicted molar refractivity (Wildman–Crippen MR) is 91.5 cm³/mol. The summed E-state index contributed by atoms with van der Waals surface area (Å²) in [6.07, 6.45) is 7.03. The molecule has 0 aliphatic rings. The molecule has 116 valence electrons. The van der Waals surface area contributed by atoms with E-state index in [0.29, 0.717) is 12.5 Å². The highest BCUT2D eigenvalue weighted by Crippen LogP contribution is 2.10. The van der Waals surface area contributed by atoms with Gasteiger partial charge in [-0.15, -0.1) is 0 Å². The van der Waals surface area contributed by atoms with Gasteiger partial charge in [-0.2, -0.15) is 0 Å². The molecular formula is C17H18N6. The highest BCUT2D eigenvalue weighted by molar-refractivity contribution is 5.92. The Balaban J connectivity index is 1.67. The first-order chi connectivity index (χ1) is 11.2. The van der Waals surface area contributed by atoms with Crippen molar-refractivity contribution in [3.8, 4) is 5.82 Å². The lowest BCUT2D eigenvalue weighted by Gasteiger charge is -2.07. The van der Waals surface area contributed by atoms with Crippen molar-refractivity contribution in [1.29, 1.82) is 0 Å². The van der Waals surface area contributed by atoms with Crippen molar-refractivity contribution in [2.45, 2.75) is 13.5 Å². The number of aryl methyl sites for hydroxylation is 1. The molecule has 0 radical (unpaired) electrons. The number of rotatable bonds is 4. The maximum atomic E-state index is 5.93. The minimum absolute atomic E-state index is 0.384. The first-order valence-corrected chi connectivity index (χ1v) is 7.27. The number of guanidine groups is 1. The van der Waals surface area contributed by atoms with Crippen LogP contribution < -0.4 is 11.1 Å². The van der Waals surface area contributed by atoms with E-state index in [1.807, 2.05) is 54.1 Å². The maximum Gasteiger partial charge on any atom is 0.193 e. The van der Waals surface area contributed by atoms with E-state index in [-0.39, 0.29) is 0 Å². The maximum absolute atomic E-state index is 5.93. The number of pyridine rings is 1. The van der Waals surface area contributed by atoms with E-state index in [1.165, 1.54) is 5.56 Å². The highest BCUT2D eigenvalue weighted by atomic mass is 15.1. The molecule has 0 saturated carbocycles. The molecule has 0 bridgehead atoms. The fraction of sp³-hybridized carbons (Fsp3) is 0.118. The molecule has 0 unspecified atom stereocenters. The number of nitrogens with one attached hydrogen (secondary N) is 1. The number of anilines is 1. The van der Waals surface area contributed by atoms with E-state index in [4.69, 9.17) is 5.73 Å². The number of aromatic nitrogens is 3. The van der Waals surface area contributed by atoms with Gasteiger partial charge in [0, 0.05) is 24.3 Å². The normalized spacial score (nSPS) is 11.4. The third kappa shape index (κ3) is 3.94. The summed E-state index contributed by atoms with van der Waals surface area (Å²) in [5.41, 5.74) is 9.08. The van der Waals surface area contributed by atoms with Gasteiger partial charge in [-0.05, 0) is 36.8 Å². The lowest BCUT2D eigenvalue weighted by molar-refractivity contribution is 0.968. The molecular weight excluding hydrogens is 288 g/mol. The van der Waals surface area contributed by atoms with Crippen molar-refractivity contribution in [2.24, 2.45) is 10.7 Å². The molecule has 2 aromatic heterocycles. The average molecular weight is 306 g/mol. The molecule has 0 spiro atoms. The SMILES string of the molecule is Cc1ccc(NC(N)=NCc2ccnc(-n3ccnc3)c2)cc1. The molecule has 0 aliphatic carbocycles. The summed E-state index contributed by atoms with van der Waals surface area (Å²) in [7, 11) is 0. The Bertz CT molecular complexity index is 790. The van der Waals surface area contributed by atoms with Gasteiger partial charge in [-0.25, -0.2) is 15.0 Å². The second-order valence-corrected chi connectivity index (χ2v) is 5.18. The summed E-state index contributed by atoms with van der Waals surface area (Å²) < 4.78 is 1.85. The fourth-order valence-corrected chi connectivity index (χ4v) is 2.10. The number of nitrogens with two attached hydrogens (primary N) is 1. The van der Waals surface area contributed by atoms with Crippen LogP contribution in [0.1, 0.15) is 11.1 Å². The molecule has 3 rings (SSSR count). The summed E-state index contributed by atoms with van der Waals surface area (Å²) in [4.78, 5) is 12.7. The first kappa shape index (κ1) is 14.8.